The highest BCUT2D eigenvalue weighted by molar-refractivity contribution is 5.66. The lowest BCUT2D eigenvalue weighted by molar-refractivity contribution is -0.384. The lowest BCUT2D eigenvalue weighted by atomic mass is 9.97. The number of aliphatic carboxylic acids is 1. The summed E-state index contributed by atoms with van der Waals surface area (Å²) in [6.45, 7) is 2.64. The zero-order valence-corrected chi connectivity index (χ0v) is 11.4. The van der Waals surface area contributed by atoms with E-state index in [1.54, 1.807) is 0 Å². The van der Waals surface area contributed by atoms with E-state index >= 15 is 0 Å². The summed E-state index contributed by atoms with van der Waals surface area (Å²) in [5.41, 5.74) is 0.000388. The van der Waals surface area contributed by atoms with Gasteiger partial charge in [0.1, 0.15) is 5.82 Å². The first-order valence-electron chi connectivity index (χ1n) is 6.59. The van der Waals surface area contributed by atoms with Crippen LogP contribution in [0.3, 0.4) is 0 Å². The summed E-state index contributed by atoms with van der Waals surface area (Å²) in [5.74, 6) is 0.0151. The van der Waals surface area contributed by atoms with Gasteiger partial charge < -0.3 is 10.4 Å². The van der Waals surface area contributed by atoms with Gasteiger partial charge in [0.15, 0.2) is 0 Å². The second kappa shape index (κ2) is 8.08. The molecular formula is C13H19N3O4. The van der Waals surface area contributed by atoms with Crippen molar-refractivity contribution < 1.29 is 14.8 Å². The average molecular weight is 281 g/mol. The largest absolute Gasteiger partial charge is 0.481 e. The summed E-state index contributed by atoms with van der Waals surface area (Å²) in [4.78, 5) is 24.7. The zero-order chi connectivity index (χ0) is 15.0. The molecule has 1 unspecified atom stereocenters. The van der Waals surface area contributed by atoms with Crippen LogP contribution >= 0.6 is 0 Å². The third kappa shape index (κ3) is 5.64. The van der Waals surface area contributed by atoms with Gasteiger partial charge in [0.2, 0.25) is 0 Å². The Morgan fingerprint density at radius 1 is 1.55 bits per heavy atom. The van der Waals surface area contributed by atoms with E-state index in [0.29, 0.717) is 24.7 Å². The van der Waals surface area contributed by atoms with Crippen LogP contribution in [0.15, 0.2) is 18.3 Å². The summed E-state index contributed by atoms with van der Waals surface area (Å²) in [6, 6.07) is 2.73. The number of nitrogens with one attached hydrogen (secondary N) is 1. The second-order valence-electron chi connectivity index (χ2n) is 4.58. The molecule has 0 amide bonds. The molecule has 1 atom stereocenters. The Morgan fingerprint density at radius 2 is 2.30 bits per heavy atom. The fourth-order valence-electron chi connectivity index (χ4n) is 1.91. The third-order valence-corrected chi connectivity index (χ3v) is 3.16. The number of nitrogens with zero attached hydrogens (tertiary/aromatic N) is 2. The van der Waals surface area contributed by atoms with Crippen molar-refractivity contribution in [1.29, 1.82) is 0 Å². The summed E-state index contributed by atoms with van der Waals surface area (Å²) in [6.07, 6.45) is 3.94. The van der Waals surface area contributed by atoms with Crippen molar-refractivity contribution in [2.24, 2.45) is 5.92 Å². The van der Waals surface area contributed by atoms with E-state index in [-0.39, 0.29) is 12.1 Å². The Morgan fingerprint density at radius 3 is 2.90 bits per heavy atom. The van der Waals surface area contributed by atoms with Gasteiger partial charge in [-0.25, -0.2) is 4.98 Å². The molecule has 0 saturated heterocycles. The monoisotopic (exact) mass is 281 g/mol. The quantitative estimate of drug-likeness (QED) is 0.532. The molecular weight excluding hydrogens is 262 g/mol. The molecule has 0 aliphatic heterocycles. The Kier molecular flexibility index (Phi) is 6.42. The number of hydrogen-bond donors (Lipinski definition) is 2. The van der Waals surface area contributed by atoms with Gasteiger partial charge in [-0.1, -0.05) is 13.3 Å². The van der Waals surface area contributed by atoms with Crippen LogP contribution in [0, 0.1) is 16.0 Å². The smallest absolute Gasteiger partial charge is 0.303 e. The van der Waals surface area contributed by atoms with Gasteiger partial charge in [0.25, 0.3) is 5.69 Å². The molecule has 0 saturated carbocycles. The topological polar surface area (TPSA) is 105 Å². The van der Waals surface area contributed by atoms with E-state index < -0.39 is 10.9 Å². The van der Waals surface area contributed by atoms with Gasteiger partial charge in [-0.05, 0) is 18.8 Å². The standard InChI is InChI=1S/C13H19N3O4/c1-2-10(3-4-13(17)18)5-7-14-12-9-11(16(19)20)6-8-15-12/h6,8-10H,2-5,7H2,1H3,(H,14,15)(H,17,18). The fourth-order valence-corrected chi connectivity index (χ4v) is 1.91. The van der Waals surface area contributed by atoms with Crippen LogP contribution in [-0.2, 0) is 4.79 Å². The molecule has 2 N–H and O–H groups in total. The maximum absolute atomic E-state index is 10.6. The Bertz CT molecular complexity index is 465. The second-order valence-corrected chi connectivity index (χ2v) is 4.58. The van der Waals surface area contributed by atoms with Crippen LogP contribution in [0.5, 0.6) is 0 Å². The molecule has 110 valence electrons. The van der Waals surface area contributed by atoms with Crippen molar-refractivity contribution in [3.8, 4) is 0 Å². The number of carbonyl (C=O) groups is 1. The predicted octanol–water partition coefficient (Wildman–Crippen LogP) is 2.68. The number of hydrogen-bond acceptors (Lipinski definition) is 5. The molecule has 1 rings (SSSR count). The summed E-state index contributed by atoms with van der Waals surface area (Å²) in [5, 5.41) is 22.3. The number of aromatic nitrogens is 1. The first-order chi connectivity index (χ1) is 9.52. The summed E-state index contributed by atoms with van der Waals surface area (Å²) in [7, 11) is 0. The molecule has 0 bridgehead atoms. The molecule has 1 heterocycles. The highest BCUT2D eigenvalue weighted by Gasteiger charge is 2.10. The zero-order valence-electron chi connectivity index (χ0n) is 11.4. The molecule has 7 nitrogen and oxygen atoms in total. The van der Waals surface area contributed by atoms with E-state index in [0.717, 1.165) is 12.8 Å². The minimum Gasteiger partial charge on any atom is -0.481 e. The van der Waals surface area contributed by atoms with Gasteiger partial charge in [-0.15, -0.1) is 0 Å². The van der Waals surface area contributed by atoms with Gasteiger partial charge in [0.05, 0.1) is 11.0 Å². The number of rotatable bonds is 9. The van der Waals surface area contributed by atoms with Crippen molar-refractivity contribution in [3.05, 3.63) is 28.4 Å². The van der Waals surface area contributed by atoms with E-state index in [2.05, 4.69) is 10.3 Å². The predicted molar refractivity (Wildman–Crippen MR) is 74.6 cm³/mol. The van der Waals surface area contributed by atoms with E-state index in [4.69, 9.17) is 5.11 Å². The van der Waals surface area contributed by atoms with Gasteiger partial charge in [-0.3, -0.25) is 14.9 Å². The molecule has 0 aromatic carbocycles. The maximum Gasteiger partial charge on any atom is 0.303 e. The average Bonchev–Trinajstić information content (AvgIpc) is 2.42. The number of nitro groups is 1. The molecule has 20 heavy (non-hydrogen) atoms. The summed E-state index contributed by atoms with van der Waals surface area (Å²) < 4.78 is 0. The first kappa shape index (κ1) is 15.9. The molecule has 0 radical (unpaired) electrons. The molecule has 1 aromatic heterocycles. The molecule has 0 spiro atoms. The van der Waals surface area contributed by atoms with Crippen molar-refractivity contribution in [2.45, 2.75) is 32.6 Å². The molecule has 7 heteroatoms. The first-order valence-corrected chi connectivity index (χ1v) is 6.59. The number of anilines is 1. The highest BCUT2D eigenvalue weighted by atomic mass is 16.6. The lowest BCUT2D eigenvalue weighted by Crippen LogP contribution is -2.11. The number of carboxylic acid groups (broad SMARTS) is 1. The van der Waals surface area contributed by atoms with Crippen molar-refractivity contribution in [1.82, 2.24) is 4.98 Å². The fraction of sp³-hybridized carbons (Fsp3) is 0.538. The minimum absolute atomic E-state index is 0.000388. The lowest BCUT2D eigenvalue weighted by Gasteiger charge is -2.14. The molecule has 0 aliphatic rings. The van der Waals surface area contributed by atoms with E-state index in [1.165, 1.54) is 18.3 Å². The van der Waals surface area contributed by atoms with Crippen LogP contribution in [0.4, 0.5) is 11.5 Å². The van der Waals surface area contributed by atoms with Crippen LogP contribution in [0.1, 0.15) is 32.6 Å². The van der Waals surface area contributed by atoms with Gasteiger partial charge >= 0.3 is 5.97 Å². The molecule has 0 aliphatic carbocycles. The van der Waals surface area contributed by atoms with Gasteiger partial charge in [-0.2, -0.15) is 0 Å². The van der Waals surface area contributed by atoms with Crippen molar-refractivity contribution in [3.63, 3.8) is 0 Å². The van der Waals surface area contributed by atoms with Crippen molar-refractivity contribution >= 4 is 17.5 Å². The maximum atomic E-state index is 10.6. The summed E-state index contributed by atoms with van der Waals surface area (Å²) >= 11 is 0. The normalized spacial score (nSPS) is 11.8. The number of pyridine rings is 1. The van der Waals surface area contributed by atoms with Crippen LogP contribution in [-0.4, -0.2) is 27.5 Å². The van der Waals surface area contributed by atoms with Crippen LogP contribution in [0.25, 0.3) is 0 Å². The van der Waals surface area contributed by atoms with E-state index in [1.807, 2.05) is 6.92 Å². The minimum atomic E-state index is -0.781. The van der Waals surface area contributed by atoms with Gasteiger partial charge in [0, 0.05) is 25.2 Å². The van der Waals surface area contributed by atoms with Crippen LogP contribution < -0.4 is 5.32 Å². The third-order valence-electron chi connectivity index (χ3n) is 3.16. The van der Waals surface area contributed by atoms with Crippen molar-refractivity contribution in [2.75, 3.05) is 11.9 Å². The highest BCUT2D eigenvalue weighted by Crippen LogP contribution is 2.17. The Balaban J connectivity index is 2.40. The molecule has 1 aromatic rings. The van der Waals surface area contributed by atoms with E-state index in [9.17, 15) is 14.9 Å². The van der Waals surface area contributed by atoms with Crippen LogP contribution in [0.2, 0.25) is 0 Å². The number of carboxylic acids is 1. The Hall–Kier alpha value is -2.18. The SMILES string of the molecule is CCC(CCNc1cc([N+](=O)[O-])ccn1)CCC(=O)O. The molecule has 0 fully saturated rings. The Labute approximate surface area is 117 Å².